The summed E-state index contributed by atoms with van der Waals surface area (Å²) < 4.78 is 6.83. The number of Topliss-reactive ketones (excluding diaryl/α,β-unsaturated/α-hetero) is 1. The molecule has 7 nitrogen and oxygen atoms in total. The van der Waals surface area contributed by atoms with Crippen LogP contribution in [-0.2, 0) is 11.3 Å². The molecule has 0 bridgehead atoms. The molecule has 0 fully saturated rings. The second-order valence-corrected chi connectivity index (χ2v) is 9.35. The minimum atomic E-state index is -0.268. The predicted molar refractivity (Wildman–Crippen MR) is 138 cm³/mol. The lowest BCUT2D eigenvalue weighted by atomic mass is 10.0. The van der Waals surface area contributed by atoms with Crippen molar-refractivity contribution in [3.63, 3.8) is 0 Å². The number of rotatable bonds is 6. The number of anilines is 1. The lowest BCUT2D eigenvalue weighted by molar-refractivity contribution is -0.121. The molecule has 35 heavy (non-hydrogen) atoms. The normalized spacial score (nSPS) is 13.0. The highest BCUT2D eigenvalue weighted by Gasteiger charge is 2.26. The second kappa shape index (κ2) is 8.96. The first-order chi connectivity index (χ1) is 16.9. The molecule has 1 aliphatic heterocycles. The summed E-state index contributed by atoms with van der Waals surface area (Å²) in [5, 5.41) is 2.44. The molecule has 0 aliphatic carbocycles. The van der Waals surface area contributed by atoms with Crippen molar-refractivity contribution in [2.24, 2.45) is 0 Å². The van der Waals surface area contributed by atoms with Gasteiger partial charge in [-0.05, 0) is 48.7 Å². The first-order valence-electron chi connectivity index (χ1n) is 11.1. The third-order valence-corrected chi connectivity index (χ3v) is 7.11. The second-order valence-electron chi connectivity index (χ2n) is 8.49. The Bertz CT molecular complexity index is 1570. The van der Waals surface area contributed by atoms with E-state index < -0.39 is 0 Å². The van der Waals surface area contributed by atoms with Crippen molar-refractivity contribution in [2.45, 2.75) is 20.4 Å². The molecule has 0 spiro atoms. The van der Waals surface area contributed by atoms with Crippen LogP contribution in [0, 0.1) is 13.8 Å². The largest absolute Gasteiger partial charge is 0.482 e. The minimum absolute atomic E-state index is 0.0569. The van der Waals surface area contributed by atoms with E-state index in [1.807, 2.05) is 31.4 Å². The number of ketones is 1. The molecule has 176 valence electrons. The summed E-state index contributed by atoms with van der Waals surface area (Å²) in [7, 11) is 0. The average Bonchev–Trinajstić information content (AvgIpc) is 3.29. The molecule has 1 amide bonds. The maximum atomic E-state index is 13.4. The number of fused-ring (bicyclic) bond motifs is 2. The van der Waals surface area contributed by atoms with Crippen LogP contribution in [0.4, 0.5) is 5.69 Å². The number of aryl methyl sites for hydroxylation is 2. The van der Waals surface area contributed by atoms with E-state index in [-0.39, 0.29) is 30.4 Å². The zero-order valence-corrected chi connectivity index (χ0v) is 20.2. The summed E-state index contributed by atoms with van der Waals surface area (Å²) in [5.41, 5.74) is 4.72. The van der Waals surface area contributed by atoms with Crippen molar-refractivity contribution < 1.29 is 14.3 Å². The molecule has 4 aromatic rings. The summed E-state index contributed by atoms with van der Waals surface area (Å²) in [6.07, 6.45) is 3.04. The van der Waals surface area contributed by atoms with Gasteiger partial charge in [-0.1, -0.05) is 24.3 Å². The Morgan fingerprint density at radius 2 is 2.00 bits per heavy atom. The number of amides is 1. The lowest BCUT2D eigenvalue weighted by Gasteiger charge is -2.28. The first kappa shape index (κ1) is 22.7. The SMILES string of the molecule is C=CCN1C(=O)COc2ccc(C(=O)Cn3cnc4scc(-c5ccc(C)c(C)c5)c4c3=O)cc21. The highest BCUT2D eigenvalue weighted by atomic mass is 32.1. The standard InChI is InChI=1S/C27H23N3O4S/c1-4-9-30-21-11-19(7-8-23(21)34-13-24(30)32)22(31)12-29-15-28-26-25(27(29)33)20(14-35-26)18-6-5-16(2)17(3)10-18/h4-8,10-11,14-15H,1,9,12-13H2,2-3H3. The van der Waals surface area contributed by atoms with Crippen LogP contribution in [0.2, 0.25) is 0 Å². The van der Waals surface area contributed by atoms with Crippen LogP contribution in [0.1, 0.15) is 21.5 Å². The molecule has 0 unspecified atom stereocenters. The van der Waals surface area contributed by atoms with Crippen molar-refractivity contribution in [1.29, 1.82) is 0 Å². The number of aromatic nitrogens is 2. The van der Waals surface area contributed by atoms with Crippen LogP contribution in [0.15, 0.2) is 65.6 Å². The number of nitrogens with zero attached hydrogens (tertiary/aromatic N) is 3. The van der Waals surface area contributed by atoms with Gasteiger partial charge in [-0.15, -0.1) is 17.9 Å². The quantitative estimate of drug-likeness (QED) is 0.296. The van der Waals surface area contributed by atoms with E-state index in [4.69, 9.17) is 4.74 Å². The fourth-order valence-electron chi connectivity index (χ4n) is 4.15. The van der Waals surface area contributed by atoms with Crippen molar-refractivity contribution in [3.8, 4) is 16.9 Å². The Morgan fingerprint density at radius 3 is 2.77 bits per heavy atom. The molecule has 0 saturated carbocycles. The Kier molecular flexibility index (Phi) is 5.82. The smallest absolute Gasteiger partial charge is 0.265 e. The molecular formula is C27H23N3O4S. The number of carbonyl (C=O) groups excluding carboxylic acids is 2. The van der Waals surface area contributed by atoms with Gasteiger partial charge in [-0.3, -0.25) is 19.0 Å². The topological polar surface area (TPSA) is 81.5 Å². The predicted octanol–water partition coefficient (Wildman–Crippen LogP) is 4.54. The molecule has 0 N–H and O–H groups in total. The van der Waals surface area contributed by atoms with Gasteiger partial charge < -0.3 is 9.64 Å². The molecule has 3 heterocycles. The van der Waals surface area contributed by atoms with Gasteiger partial charge in [0.15, 0.2) is 12.4 Å². The number of thiophene rings is 1. The van der Waals surface area contributed by atoms with Crippen molar-refractivity contribution in [2.75, 3.05) is 18.1 Å². The van der Waals surface area contributed by atoms with Gasteiger partial charge in [0.2, 0.25) is 0 Å². The van der Waals surface area contributed by atoms with Gasteiger partial charge in [-0.2, -0.15) is 0 Å². The molecule has 2 aromatic carbocycles. The number of benzene rings is 2. The van der Waals surface area contributed by atoms with Gasteiger partial charge >= 0.3 is 0 Å². The van der Waals surface area contributed by atoms with Crippen molar-refractivity contribution >= 4 is 38.9 Å². The zero-order chi connectivity index (χ0) is 24.7. The molecule has 0 saturated heterocycles. The molecule has 1 aliphatic rings. The summed E-state index contributed by atoms with van der Waals surface area (Å²) in [6, 6.07) is 11.0. The summed E-state index contributed by atoms with van der Waals surface area (Å²) in [5.74, 6) is 0.0549. The van der Waals surface area contributed by atoms with Gasteiger partial charge in [0.05, 0.1) is 23.9 Å². The van der Waals surface area contributed by atoms with Gasteiger partial charge in [-0.25, -0.2) is 4.98 Å². The highest BCUT2D eigenvalue weighted by molar-refractivity contribution is 7.17. The lowest BCUT2D eigenvalue weighted by Crippen LogP contribution is -2.39. The van der Waals surface area contributed by atoms with Crippen LogP contribution in [0.25, 0.3) is 21.3 Å². The summed E-state index contributed by atoms with van der Waals surface area (Å²) >= 11 is 1.41. The van der Waals surface area contributed by atoms with E-state index in [0.717, 1.165) is 16.7 Å². The fraction of sp³-hybridized carbons (Fsp3) is 0.185. The van der Waals surface area contributed by atoms with E-state index in [2.05, 4.69) is 17.6 Å². The van der Waals surface area contributed by atoms with Gasteiger partial charge in [0, 0.05) is 23.1 Å². The molecule has 2 aromatic heterocycles. The third-order valence-electron chi connectivity index (χ3n) is 6.23. The summed E-state index contributed by atoms with van der Waals surface area (Å²) in [6.45, 7) is 7.87. The molecule has 5 rings (SSSR count). The van der Waals surface area contributed by atoms with Crippen LogP contribution >= 0.6 is 11.3 Å². The Labute approximate surface area is 205 Å². The number of hydrogen-bond donors (Lipinski definition) is 0. The first-order valence-corrected chi connectivity index (χ1v) is 12.0. The van der Waals surface area contributed by atoms with E-state index in [1.54, 1.807) is 24.3 Å². The van der Waals surface area contributed by atoms with Crippen LogP contribution in [0.3, 0.4) is 0 Å². The van der Waals surface area contributed by atoms with Crippen molar-refractivity contribution in [3.05, 3.63) is 87.8 Å². The Hall–Kier alpha value is -4.04. The number of ether oxygens (including phenoxy) is 1. The fourth-order valence-corrected chi connectivity index (χ4v) is 5.06. The van der Waals surface area contributed by atoms with E-state index in [0.29, 0.717) is 33.8 Å². The van der Waals surface area contributed by atoms with Crippen LogP contribution in [-0.4, -0.2) is 34.4 Å². The summed E-state index contributed by atoms with van der Waals surface area (Å²) in [4.78, 5) is 45.4. The molecular weight excluding hydrogens is 462 g/mol. The molecule has 0 radical (unpaired) electrons. The monoisotopic (exact) mass is 485 g/mol. The zero-order valence-electron chi connectivity index (χ0n) is 19.4. The molecule has 8 heteroatoms. The maximum Gasteiger partial charge on any atom is 0.265 e. The average molecular weight is 486 g/mol. The van der Waals surface area contributed by atoms with Crippen LogP contribution in [0.5, 0.6) is 5.75 Å². The molecule has 0 atom stereocenters. The van der Waals surface area contributed by atoms with E-state index >= 15 is 0 Å². The van der Waals surface area contributed by atoms with Crippen molar-refractivity contribution in [1.82, 2.24) is 9.55 Å². The van der Waals surface area contributed by atoms with Gasteiger partial charge in [0.25, 0.3) is 11.5 Å². The Balaban J connectivity index is 1.49. The number of hydrogen-bond acceptors (Lipinski definition) is 6. The van der Waals surface area contributed by atoms with Crippen LogP contribution < -0.4 is 15.2 Å². The maximum absolute atomic E-state index is 13.4. The Morgan fingerprint density at radius 1 is 1.17 bits per heavy atom. The number of carbonyl (C=O) groups is 2. The van der Waals surface area contributed by atoms with E-state index in [9.17, 15) is 14.4 Å². The third kappa shape index (κ3) is 4.06. The van der Waals surface area contributed by atoms with E-state index in [1.165, 1.54) is 32.7 Å². The highest BCUT2D eigenvalue weighted by Crippen LogP contribution is 2.34. The minimum Gasteiger partial charge on any atom is -0.482 e. The van der Waals surface area contributed by atoms with Gasteiger partial charge in [0.1, 0.15) is 10.6 Å².